The van der Waals surface area contributed by atoms with Gasteiger partial charge in [0.15, 0.2) is 0 Å². The molecular weight excluding hydrogens is 500 g/mol. The number of anilines is 2. The molecule has 0 bridgehead atoms. The van der Waals surface area contributed by atoms with Crippen LogP contribution in [0.1, 0.15) is 31.1 Å². The fraction of sp³-hybridized carbons (Fsp3) is 0.192. The number of amides is 2. The van der Waals surface area contributed by atoms with Crippen LogP contribution >= 0.6 is 11.6 Å². The Labute approximate surface area is 217 Å². The van der Waals surface area contributed by atoms with Gasteiger partial charge in [0.1, 0.15) is 0 Å². The van der Waals surface area contributed by atoms with E-state index >= 15 is 0 Å². The highest BCUT2D eigenvalue weighted by molar-refractivity contribution is 6.34. The van der Waals surface area contributed by atoms with Gasteiger partial charge in [-0.3, -0.25) is 19.7 Å². The van der Waals surface area contributed by atoms with Crippen molar-refractivity contribution in [2.75, 3.05) is 43.5 Å². The van der Waals surface area contributed by atoms with Crippen LogP contribution in [0.15, 0.2) is 66.7 Å². The fourth-order valence-electron chi connectivity index (χ4n) is 4.06. The average Bonchev–Trinajstić information content (AvgIpc) is 2.92. The van der Waals surface area contributed by atoms with Crippen molar-refractivity contribution in [1.29, 1.82) is 0 Å². The summed E-state index contributed by atoms with van der Waals surface area (Å²) in [6.07, 6.45) is 0. The van der Waals surface area contributed by atoms with Crippen molar-refractivity contribution in [2.24, 2.45) is 0 Å². The highest BCUT2D eigenvalue weighted by Crippen LogP contribution is 2.31. The summed E-state index contributed by atoms with van der Waals surface area (Å²) in [6.45, 7) is 1.93. The van der Waals surface area contributed by atoms with Crippen molar-refractivity contribution in [1.82, 2.24) is 4.90 Å². The van der Waals surface area contributed by atoms with E-state index in [4.69, 9.17) is 16.3 Å². The number of nitro benzene ring substituents is 1. The summed E-state index contributed by atoms with van der Waals surface area (Å²) < 4.78 is 4.81. The number of nitrogens with one attached hydrogen (secondary N) is 1. The lowest BCUT2D eigenvalue weighted by Gasteiger charge is -2.37. The first-order valence-electron chi connectivity index (χ1n) is 11.4. The van der Waals surface area contributed by atoms with E-state index in [2.05, 4.69) is 5.32 Å². The standard InChI is InChI=1S/C26H23ClN4O6/c1-37-26(34)18-7-10-23(29-11-13-30(14-12-29)25(33)17-5-3-2-4-6-17)22(15-18)28-24(32)20-9-8-19(31(35)36)16-21(20)27/h2-10,15-16H,11-14H2,1H3,(H,28,32). The second-order valence-corrected chi connectivity index (χ2v) is 8.65. The van der Waals surface area contributed by atoms with Crippen LogP contribution in [0.2, 0.25) is 5.02 Å². The predicted octanol–water partition coefficient (Wildman–Crippen LogP) is 4.25. The van der Waals surface area contributed by atoms with Crippen LogP contribution in [0, 0.1) is 10.1 Å². The molecule has 0 spiro atoms. The number of carbonyl (C=O) groups excluding carboxylic acids is 3. The van der Waals surface area contributed by atoms with E-state index < -0.39 is 16.8 Å². The molecule has 0 aliphatic carbocycles. The number of ether oxygens (including phenoxy) is 1. The number of benzene rings is 3. The first kappa shape index (κ1) is 25.6. The number of halogens is 1. The first-order chi connectivity index (χ1) is 17.8. The molecule has 1 heterocycles. The largest absolute Gasteiger partial charge is 0.465 e. The summed E-state index contributed by atoms with van der Waals surface area (Å²) in [5.74, 6) is -1.22. The Kier molecular flexibility index (Phi) is 7.69. The minimum absolute atomic E-state index is 0.0416. The van der Waals surface area contributed by atoms with Crippen LogP contribution in [-0.2, 0) is 4.74 Å². The molecule has 1 saturated heterocycles. The van der Waals surface area contributed by atoms with Crippen LogP contribution in [0.25, 0.3) is 0 Å². The molecule has 11 heteroatoms. The van der Waals surface area contributed by atoms with Gasteiger partial charge in [-0.1, -0.05) is 29.8 Å². The molecule has 37 heavy (non-hydrogen) atoms. The van der Waals surface area contributed by atoms with Gasteiger partial charge in [0.2, 0.25) is 0 Å². The van der Waals surface area contributed by atoms with Gasteiger partial charge in [0.25, 0.3) is 17.5 Å². The molecule has 1 fully saturated rings. The van der Waals surface area contributed by atoms with Crippen molar-refractivity contribution < 1.29 is 24.0 Å². The van der Waals surface area contributed by atoms with Crippen molar-refractivity contribution in [3.8, 4) is 0 Å². The van der Waals surface area contributed by atoms with Gasteiger partial charge in [0, 0.05) is 43.9 Å². The summed E-state index contributed by atoms with van der Waals surface area (Å²) in [5, 5.41) is 13.7. The quantitative estimate of drug-likeness (QED) is 0.292. The Morgan fingerprint density at radius 1 is 0.946 bits per heavy atom. The van der Waals surface area contributed by atoms with Crippen LogP contribution < -0.4 is 10.2 Å². The molecule has 3 aromatic rings. The minimum Gasteiger partial charge on any atom is -0.465 e. The number of esters is 1. The molecule has 0 saturated carbocycles. The highest BCUT2D eigenvalue weighted by Gasteiger charge is 2.25. The molecule has 4 rings (SSSR count). The molecular formula is C26H23ClN4O6. The number of nitrogens with zero attached hydrogens (tertiary/aromatic N) is 3. The molecule has 1 aliphatic heterocycles. The van der Waals surface area contributed by atoms with Gasteiger partial charge in [0.05, 0.1) is 39.6 Å². The van der Waals surface area contributed by atoms with Gasteiger partial charge >= 0.3 is 5.97 Å². The smallest absolute Gasteiger partial charge is 0.337 e. The van der Waals surface area contributed by atoms with Gasteiger partial charge in [-0.05, 0) is 36.4 Å². The molecule has 0 radical (unpaired) electrons. The van der Waals surface area contributed by atoms with E-state index in [0.717, 1.165) is 6.07 Å². The number of non-ortho nitro benzene ring substituents is 1. The summed E-state index contributed by atoms with van der Waals surface area (Å²) in [5.41, 5.74) is 1.63. The van der Waals surface area contributed by atoms with Crippen LogP contribution in [0.5, 0.6) is 0 Å². The monoisotopic (exact) mass is 522 g/mol. The number of carbonyl (C=O) groups is 3. The second-order valence-electron chi connectivity index (χ2n) is 8.24. The zero-order valence-electron chi connectivity index (χ0n) is 19.8. The molecule has 2 amide bonds. The summed E-state index contributed by atoms with van der Waals surface area (Å²) in [4.78, 5) is 52.2. The van der Waals surface area contributed by atoms with Crippen molar-refractivity contribution in [2.45, 2.75) is 0 Å². The van der Waals surface area contributed by atoms with Crippen LogP contribution in [0.3, 0.4) is 0 Å². The normalized spacial score (nSPS) is 13.1. The topological polar surface area (TPSA) is 122 Å². The third-order valence-corrected chi connectivity index (χ3v) is 6.31. The van der Waals surface area contributed by atoms with E-state index in [1.54, 1.807) is 29.2 Å². The molecule has 0 atom stereocenters. The maximum Gasteiger partial charge on any atom is 0.337 e. The minimum atomic E-state index is -0.603. The lowest BCUT2D eigenvalue weighted by atomic mass is 10.1. The zero-order chi connectivity index (χ0) is 26.5. The van der Waals surface area contributed by atoms with E-state index in [-0.39, 0.29) is 27.7 Å². The number of methoxy groups -OCH3 is 1. The maximum atomic E-state index is 13.0. The summed E-state index contributed by atoms with van der Waals surface area (Å²) >= 11 is 6.14. The van der Waals surface area contributed by atoms with Gasteiger partial charge in [-0.2, -0.15) is 0 Å². The number of rotatable bonds is 6. The molecule has 0 aromatic heterocycles. The van der Waals surface area contributed by atoms with E-state index in [1.165, 1.54) is 25.3 Å². The molecule has 10 nitrogen and oxygen atoms in total. The van der Waals surface area contributed by atoms with Crippen molar-refractivity contribution >= 4 is 46.4 Å². The third kappa shape index (κ3) is 5.70. The third-order valence-electron chi connectivity index (χ3n) is 6.00. The number of hydrogen-bond acceptors (Lipinski definition) is 7. The average molecular weight is 523 g/mol. The zero-order valence-corrected chi connectivity index (χ0v) is 20.6. The Balaban J connectivity index is 1.56. The second kappa shape index (κ2) is 11.1. The van der Waals surface area contributed by atoms with E-state index in [1.807, 2.05) is 23.1 Å². The van der Waals surface area contributed by atoms with Crippen LogP contribution in [0.4, 0.5) is 17.1 Å². The van der Waals surface area contributed by atoms with Crippen LogP contribution in [-0.4, -0.2) is 60.9 Å². The molecule has 190 valence electrons. The number of piperazine rings is 1. The SMILES string of the molecule is COC(=O)c1ccc(N2CCN(C(=O)c3ccccc3)CC2)c(NC(=O)c2ccc([N+](=O)[O-])cc2Cl)c1. The molecule has 1 N–H and O–H groups in total. The lowest BCUT2D eigenvalue weighted by Crippen LogP contribution is -2.49. The molecule has 1 aliphatic rings. The summed E-state index contributed by atoms with van der Waals surface area (Å²) in [6, 6.07) is 17.4. The fourth-order valence-corrected chi connectivity index (χ4v) is 4.32. The van der Waals surface area contributed by atoms with E-state index in [0.29, 0.717) is 43.1 Å². The van der Waals surface area contributed by atoms with Crippen molar-refractivity contribution in [3.63, 3.8) is 0 Å². The Morgan fingerprint density at radius 2 is 1.65 bits per heavy atom. The Hall–Kier alpha value is -4.44. The van der Waals surface area contributed by atoms with Gasteiger partial charge in [-0.15, -0.1) is 0 Å². The number of hydrogen-bond donors (Lipinski definition) is 1. The predicted molar refractivity (Wildman–Crippen MR) is 138 cm³/mol. The van der Waals surface area contributed by atoms with E-state index in [9.17, 15) is 24.5 Å². The van der Waals surface area contributed by atoms with Gasteiger partial charge < -0.3 is 19.9 Å². The molecule has 3 aromatic carbocycles. The first-order valence-corrected chi connectivity index (χ1v) is 11.7. The lowest BCUT2D eigenvalue weighted by molar-refractivity contribution is -0.384. The summed E-state index contributed by atoms with van der Waals surface area (Å²) in [7, 11) is 1.26. The van der Waals surface area contributed by atoms with Crippen molar-refractivity contribution in [3.05, 3.63) is 98.6 Å². The Morgan fingerprint density at radius 3 is 2.27 bits per heavy atom. The molecule has 0 unspecified atom stereocenters. The number of nitro groups is 1. The maximum absolute atomic E-state index is 13.0. The Bertz CT molecular complexity index is 1360. The van der Waals surface area contributed by atoms with Gasteiger partial charge in [-0.25, -0.2) is 4.79 Å². The highest BCUT2D eigenvalue weighted by atomic mass is 35.5.